The van der Waals surface area contributed by atoms with Crippen molar-refractivity contribution in [1.82, 2.24) is 10.6 Å². The molecule has 0 aliphatic heterocycles. The lowest BCUT2D eigenvalue weighted by Gasteiger charge is -2.08. The van der Waals surface area contributed by atoms with Crippen molar-refractivity contribution < 1.29 is 14.0 Å². The van der Waals surface area contributed by atoms with Crippen LogP contribution in [0.15, 0.2) is 48.5 Å². The molecule has 0 aliphatic rings. The summed E-state index contributed by atoms with van der Waals surface area (Å²) in [6, 6.07) is 12.5. The number of carbonyl (C=O) groups excluding carboxylic acids is 2. The molecule has 4 nitrogen and oxygen atoms in total. The van der Waals surface area contributed by atoms with Gasteiger partial charge in [0.1, 0.15) is 5.82 Å². The van der Waals surface area contributed by atoms with Gasteiger partial charge < -0.3 is 10.6 Å². The molecule has 0 aromatic heterocycles. The van der Waals surface area contributed by atoms with Crippen molar-refractivity contribution in [2.24, 2.45) is 5.92 Å². The van der Waals surface area contributed by atoms with Crippen LogP contribution in [0.1, 0.15) is 46.5 Å². The van der Waals surface area contributed by atoms with E-state index in [0.717, 1.165) is 12.0 Å². The van der Waals surface area contributed by atoms with E-state index in [-0.39, 0.29) is 17.6 Å². The maximum Gasteiger partial charge on any atom is 0.251 e. The van der Waals surface area contributed by atoms with Gasteiger partial charge in [-0.25, -0.2) is 4.39 Å². The van der Waals surface area contributed by atoms with Gasteiger partial charge in [0.05, 0.1) is 0 Å². The molecule has 0 atom stereocenters. The van der Waals surface area contributed by atoms with Crippen molar-refractivity contribution in [3.63, 3.8) is 0 Å². The Morgan fingerprint density at radius 1 is 0.880 bits per heavy atom. The molecule has 2 aromatic rings. The first-order valence-electron chi connectivity index (χ1n) is 8.36. The molecule has 0 aliphatic carbocycles. The summed E-state index contributed by atoms with van der Waals surface area (Å²) in [5, 5.41) is 5.63. The van der Waals surface area contributed by atoms with Crippen molar-refractivity contribution in [2.75, 3.05) is 6.54 Å². The average Bonchev–Trinajstić information content (AvgIpc) is 2.60. The quantitative estimate of drug-likeness (QED) is 0.809. The number of carbonyl (C=O) groups is 2. The normalized spacial score (nSPS) is 10.6. The zero-order valence-corrected chi connectivity index (χ0v) is 14.5. The summed E-state index contributed by atoms with van der Waals surface area (Å²) in [5.74, 6) is -0.153. The number of amides is 2. The third kappa shape index (κ3) is 6.03. The van der Waals surface area contributed by atoms with Gasteiger partial charge in [-0.05, 0) is 54.3 Å². The van der Waals surface area contributed by atoms with Crippen LogP contribution in [0.3, 0.4) is 0 Å². The predicted octanol–water partition coefficient (Wildman–Crippen LogP) is 3.53. The van der Waals surface area contributed by atoms with Crippen molar-refractivity contribution in [3.05, 3.63) is 71.0 Å². The summed E-state index contributed by atoms with van der Waals surface area (Å²) >= 11 is 0. The largest absolute Gasteiger partial charge is 0.352 e. The molecule has 2 N–H and O–H groups in total. The van der Waals surface area contributed by atoms with Crippen molar-refractivity contribution in [1.29, 1.82) is 0 Å². The molecule has 132 valence electrons. The van der Waals surface area contributed by atoms with E-state index in [9.17, 15) is 14.0 Å². The van der Waals surface area contributed by atoms with Gasteiger partial charge >= 0.3 is 0 Å². The van der Waals surface area contributed by atoms with E-state index in [4.69, 9.17) is 0 Å². The maximum atomic E-state index is 12.9. The molecule has 0 saturated heterocycles. The van der Waals surface area contributed by atoms with Gasteiger partial charge in [-0.15, -0.1) is 0 Å². The highest BCUT2D eigenvalue weighted by molar-refractivity contribution is 5.97. The Labute approximate surface area is 147 Å². The first-order chi connectivity index (χ1) is 12.0. The van der Waals surface area contributed by atoms with E-state index in [1.165, 1.54) is 12.1 Å². The monoisotopic (exact) mass is 342 g/mol. The van der Waals surface area contributed by atoms with Gasteiger partial charge in [0.15, 0.2) is 0 Å². The summed E-state index contributed by atoms with van der Waals surface area (Å²) in [6.45, 7) is 5.16. The van der Waals surface area contributed by atoms with Crippen LogP contribution >= 0.6 is 0 Å². The molecule has 0 unspecified atom stereocenters. The fourth-order valence-electron chi connectivity index (χ4n) is 2.24. The Bertz CT molecular complexity index is 709. The fraction of sp³-hybridized carbons (Fsp3) is 0.300. The second-order valence-electron chi connectivity index (χ2n) is 6.32. The van der Waals surface area contributed by atoms with Gasteiger partial charge in [0.25, 0.3) is 11.8 Å². The molecule has 0 saturated carbocycles. The highest BCUT2D eigenvalue weighted by atomic mass is 19.1. The number of rotatable bonds is 7. The Morgan fingerprint density at radius 2 is 1.40 bits per heavy atom. The Kier molecular flexibility index (Phi) is 6.69. The molecular weight excluding hydrogens is 319 g/mol. The maximum absolute atomic E-state index is 12.9. The molecule has 0 heterocycles. The number of benzene rings is 2. The van der Waals surface area contributed by atoms with Crippen LogP contribution in [-0.4, -0.2) is 18.4 Å². The van der Waals surface area contributed by atoms with Crippen LogP contribution in [0.4, 0.5) is 4.39 Å². The predicted molar refractivity (Wildman–Crippen MR) is 95.8 cm³/mol. The molecule has 0 bridgehead atoms. The van der Waals surface area contributed by atoms with E-state index >= 15 is 0 Å². The first-order valence-corrected chi connectivity index (χ1v) is 8.36. The van der Waals surface area contributed by atoms with Crippen molar-refractivity contribution in [2.45, 2.75) is 26.8 Å². The Morgan fingerprint density at radius 3 is 1.92 bits per heavy atom. The number of nitrogens with one attached hydrogen (secondary N) is 2. The smallest absolute Gasteiger partial charge is 0.251 e. The highest BCUT2D eigenvalue weighted by Gasteiger charge is 2.09. The van der Waals surface area contributed by atoms with Crippen molar-refractivity contribution >= 4 is 11.8 Å². The lowest BCUT2D eigenvalue weighted by atomic mass is 10.1. The van der Waals surface area contributed by atoms with E-state index in [1.54, 1.807) is 36.4 Å². The zero-order valence-electron chi connectivity index (χ0n) is 14.5. The van der Waals surface area contributed by atoms with Crippen molar-refractivity contribution in [3.8, 4) is 0 Å². The van der Waals surface area contributed by atoms with Gasteiger partial charge in [-0.3, -0.25) is 9.59 Å². The van der Waals surface area contributed by atoms with Crippen LogP contribution in [0.25, 0.3) is 0 Å². The van der Waals surface area contributed by atoms with Crippen LogP contribution < -0.4 is 10.6 Å². The molecular formula is C20H23FN2O2. The lowest BCUT2D eigenvalue weighted by Crippen LogP contribution is -2.26. The highest BCUT2D eigenvalue weighted by Crippen LogP contribution is 2.07. The van der Waals surface area contributed by atoms with Crippen LogP contribution in [0, 0.1) is 11.7 Å². The molecule has 25 heavy (non-hydrogen) atoms. The SMILES string of the molecule is CC(C)CCNC(=O)c1ccc(C(=O)NCc2ccc(F)cc2)cc1. The Hall–Kier alpha value is -2.69. The number of hydrogen-bond acceptors (Lipinski definition) is 2. The van der Waals surface area contributed by atoms with Crippen LogP contribution in [-0.2, 0) is 6.54 Å². The van der Waals surface area contributed by atoms with E-state index in [2.05, 4.69) is 24.5 Å². The second kappa shape index (κ2) is 8.97. The molecule has 0 fully saturated rings. The number of halogens is 1. The minimum absolute atomic E-state index is 0.140. The van der Waals surface area contributed by atoms with E-state index < -0.39 is 0 Å². The van der Waals surface area contributed by atoms with Gasteiger partial charge in [-0.1, -0.05) is 26.0 Å². The minimum atomic E-state index is -0.308. The summed E-state index contributed by atoms with van der Waals surface area (Å²) in [6.07, 6.45) is 0.926. The third-order valence-electron chi connectivity index (χ3n) is 3.78. The summed E-state index contributed by atoms with van der Waals surface area (Å²) in [5.41, 5.74) is 1.82. The average molecular weight is 342 g/mol. The van der Waals surface area contributed by atoms with Crippen LogP contribution in [0.2, 0.25) is 0 Å². The van der Waals surface area contributed by atoms with Gasteiger partial charge in [0, 0.05) is 24.2 Å². The number of hydrogen-bond donors (Lipinski definition) is 2. The van der Waals surface area contributed by atoms with Gasteiger partial charge in [0.2, 0.25) is 0 Å². The van der Waals surface area contributed by atoms with E-state index in [1.807, 2.05) is 0 Å². The van der Waals surface area contributed by atoms with E-state index in [0.29, 0.717) is 30.1 Å². The fourth-order valence-corrected chi connectivity index (χ4v) is 2.24. The molecule has 2 amide bonds. The summed E-state index contributed by atoms with van der Waals surface area (Å²) < 4.78 is 12.9. The Balaban J connectivity index is 1.86. The first kappa shape index (κ1) is 18.6. The zero-order chi connectivity index (χ0) is 18.2. The summed E-state index contributed by atoms with van der Waals surface area (Å²) in [4.78, 5) is 24.1. The molecule has 2 aromatic carbocycles. The summed E-state index contributed by atoms with van der Waals surface area (Å²) in [7, 11) is 0. The molecule has 2 rings (SSSR count). The standard InChI is InChI=1S/C20H23FN2O2/c1-14(2)11-12-22-19(24)16-5-7-17(8-6-16)20(25)23-13-15-3-9-18(21)10-4-15/h3-10,14H,11-13H2,1-2H3,(H,22,24)(H,23,25). The lowest BCUT2D eigenvalue weighted by molar-refractivity contribution is 0.0939. The molecule has 0 spiro atoms. The third-order valence-corrected chi connectivity index (χ3v) is 3.78. The minimum Gasteiger partial charge on any atom is -0.352 e. The molecule has 5 heteroatoms. The molecule has 0 radical (unpaired) electrons. The second-order valence-corrected chi connectivity index (χ2v) is 6.32. The van der Waals surface area contributed by atoms with Gasteiger partial charge in [-0.2, -0.15) is 0 Å². The van der Waals surface area contributed by atoms with Crippen LogP contribution in [0.5, 0.6) is 0 Å². The topological polar surface area (TPSA) is 58.2 Å².